The molecule has 1 aromatic carbocycles. The molecular formula is C14H16ClNO2. The van der Waals surface area contributed by atoms with Gasteiger partial charge in [-0.25, -0.2) is 0 Å². The zero-order valence-electron chi connectivity index (χ0n) is 10.5. The minimum Gasteiger partial charge on any atom is -0.494 e. The molecule has 0 aliphatic rings. The zero-order valence-corrected chi connectivity index (χ0v) is 11.3. The van der Waals surface area contributed by atoms with Gasteiger partial charge in [-0.2, -0.15) is 0 Å². The minimum absolute atomic E-state index is 0.412. The van der Waals surface area contributed by atoms with Gasteiger partial charge in [-0.05, 0) is 61.3 Å². The first-order chi connectivity index (χ1) is 8.69. The molecule has 18 heavy (non-hydrogen) atoms. The fraction of sp³-hybridized carbons (Fsp3) is 0.286. The van der Waals surface area contributed by atoms with Crippen LogP contribution in [0.1, 0.15) is 18.2 Å². The fourth-order valence-corrected chi connectivity index (χ4v) is 1.88. The molecule has 0 spiro atoms. The highest BCUT2D eigenvalue weighted by Crippen LogP contribution is 2.22. The molecule has 0 fully saturated rings. The van der Waals surface area contributed by atoms with Crippen LogP contribution in [0.15, 0.2) is 34.7 Å². The Hall–Kier alpha value is -1.61. The molecule has 96 valence electrons. The van der Waals surface area contributed by atoms with E-state index in [1.54, 1.807) is 6.07 Å². The van der Waals surface area contributed by atoms with Gasteiger partial charge < -0.3 is 14.5 Å². The number of rotatable bonds is 5. The second-order valence-corrected chi connectivity index (χ2v) is 4.34. The molecule has 1 N–H and O–H groups in total. The van der Waals surface area contributed by atoms with Crippen LogP contribution < -0.4 is 10.1 Å². The van der Waals surface area contributed by atoms with E-state index in [1.165, 1.54) is 0 Å². The van der Waals surface area contributed by atoms with Crippen molar-refractivity contribution in [2.75, 3.05) is 11.9 Å². The SMILES string of the molecule is CCOc1ccc(NCc2ccc(Cl)o2)c(C)c1. The molecule has 0 atom stereocenters. The molecule has 0 aliphatic carbocycles. The Morgan fingerprint density at radius 2 is 2.11 bits per heavy atom. The van der Waals surface area contributed by atoms with Gasteiger partial charge in [0.05, 0.1) is 13.2 Å². The van der Waals surface area contributed by atoms with Gasteiger partial charge in [-0.1, -0.05) is 0 Å². The van der Waals surface area contributed by atoms with Crippen molar-refractivity contribution in [2.45, 2.75) is 20.4 Å². The summed E-state index contributed by atoms with van der Waals surface area (Å²) in [6, 6.07) is 9.57. The van der Waals surface area contributed by atoms with Crippen molar-refractivity contribution < 1.29 is 9.15 Å². The van der Waals surface area contributed by atoms with E-state index in [1.807, 2.05) is 38.1 Å². The van der Waals surface area contributed by atoms with Gasteiger partial charge in [-0.3, -0.25) is 0 Å². The molecule has 4 heteroatoms. The first-order valence-corrected chi connectivity index (χ1v) is 6.28. The number of ether oxygens (including phenoxy) is 1. The van der Waals surface area contributed by atoms with Crippen molar-refractivity contribution in [3.8, 4) is 5.75 Å². The Bertz CT molecular complexity index is 522. The highest BCUT2D eigenvalue weighted by atomic mass is 35.5. The summed E-state index contributed by atoms with van der Waals surface area (Å²) in [6.45, 7) is 5.31. The third kappa shape index (κ3) is 3.20. The monoisotopic (exact) mass is 265 g/mol. The third-order valence-electron chi connectivity index (χ3n) is 2.59. The number of furan rings is 1. The zero-order chi connectivity index (χ0) is 13.0. The fourth-order valence-electron chi connectivity index (χ4n) is 1.72. The number of halogens is 1. The maximum Gasteiger partial charge on any atom is 0.193 e. The predicted molar refractivity (Wildman–Crippen MR) is 73.4 cm³/mol. The number of hydrogen-bond donors (Lipinski definition) is 1. The molecule has 2 aromatic rings. The Kier molecular flexibility index (Phi) is 4.15. The summed E-state index contributed by atoms with van der Waals surface area (Å²) in [7, 11) is 0. The van der Waals surface area contributed by atoms with E-state index in [-0.39, 0.29) is 0 Å². The maximum absolute atomic E-state index is 5.72. The average Bonchev–Trinajstić information content (AvgIpc) is 2.74. The molecule has 0 saturated carbocycles. The molecule has 1 heterocycles. The lowest BCUT2D eigenvalue weighted by Gasteiger charge is -2.10. The van der Waals surface area contributed by atoms with Gasteiger partial charge in [0.25, 0.3) is 0 Å². The van der Waals surface area contributed by atoms with Crippen LogP contribution in [-0.4, -0.2) is 6.61 Å². The molecule has 2 rings (SSSR count). The Morgan fingerprint density at radius 1 is 1.28 bits per heavy atom. The molecule has 3 nitrogen and oxygen atoms in total. The highest BCUT2D eigenvalue weighted by Gasteiger charge is 2.03. The van der Waals surface area contributed by atoms with Gasteiger partial charge in [0.15, 0.2) is 5.22 Å². The minimum atomic E-state index is 0.412. The maximum atomic E-state index is 5.72. The molecular weight excluding hydrogens is 250 g/mol. The quantitative estimate of drug-likeness (QED) is 0.877. The van der Waals surface area contributed by atoms with Gasteiger partial charge in [0.1, 0.15) is 11.5 Å². The summed E-state index contributed by atoms with van der Waals surface area (Å²) in [4.78, 5) is 0. The van der Waals surface area contributed by atoms with E-state index >= 15 is 0 Å². The molecule has 0 unspecified atom stereocenters. The smallest absolute Gasteiger partial charge is 0.193 e. The summed E-state index contributed by atoms with van der Waals surface area (Å²) in [6.07, 6.45) is 0. The van der Waals surface area contributed by atoms with E-state index in [2.05, 4.69) is 5.32 Å². The topological polar surface area (TPSA) is 34.4 Å². The molecule has 0 saturated heterocycles. The van der Waals surface area contributed by atoms with E-state index in [4.69, 9.17) is 20.8 Å². The van der Waals surface area contributed by atoms with Crippen LogP contribution in [0.2, 0.25) is 5.22 Å². The largest absolute Gasteiger partial charge is 0.494 e. The first-order valence-electron chi connectivity index (χ1n) is 5.90. The van der Waals surface area contributed by atoms with Crippen molar-refractivity contribution in [1.29, 1.82) is 0 Å². The normalized spacial score (nSPS) is 10.4. The molecule has 0 radical (unpaired) electrons. The van der Waals surface area contributed by atoms with Crippen LogP contribution in [-0.2, 0) is 6.54 Å². The third-order valence-corrected chi connectivity index (χ3v) is 2.79. The van der Waals surface area contributed by atoms with Crippen LogP contribution in [0.4, 0.5) is 5.69 Å². The Balaban J connectivity index is 2.01. The second kappa shape index (κ2) is 5.83. The van der Waals surface area contributed by atoms with Crippen molar-refractivity contribution in [3.05, 3.63) is 46.9 Å². The lowest BCUT2D eigenvalue weighted by Crippen LogP contribution is -2.00. The van der Waals surface area contributed by atoms with Crippen LogP contribution in [0.25, 0.3) is 0 Å². The van der Waals surface area contributed by atoms with Crippen molar-refractivity contribution in [2.24, 2.45) is 0 Å². The lowest BCUT2D eigenvalue weighted by molar-refractivity contribution is 0.340. The number of aryl methyl sites for hydroxylation is 1. The first kappa shape index (κ1) is 12.8. The molecule has 0 amide bonds. The predicted octanol–water partition coefficient (Wildman–Crippen LogP) is 4.25. The molecule has 1 aromatic heterocycles. The van der Waals surface area contributed by atoms with Crippen LogP contribution in [0.3, 0.4) is 0 Å². The second-order valence-electron chi connectivity index (χ2n) is 3.97. The van der Waals surface area contributed by atoms with E-state index < -0.39 is 0 Å². The van der Waals surface area contributed by atoms with Crippen molar-refractivity contribution in [1.82, 2.24) is 0 Å². The van der Waals surface area contributed by atoms with Gasteiger partial charge in [-0.15, -0.1) is 0 Å². The van der Waals surface area contributed by atoms with Gasteiger partial charge >= 0.3 is 0 Å². The summed E-state index contributed by atoms with van der Waals surface area (Å²) in [5, 5.41) is 3.72. The molecule has 0 aliphatic heterocycles. The Labute approximate surface area is 112 Å². The van der Waals surface area contributed by atoms with Crippen molar-refractivity contribution >= 4 is 17.3 Å². The Morgan fingerprint density at radius 3 is 2.72 bits per heavy atom. The number of nitrogens with one attached hydrogen (secondary N) is 1. The highest BCUT2D eigenvalue weighted by molar-refractivity contribution is 6.28. The van der Waals surface area contributed by atoms with Gasteiger partial charge in [0, 0.05) is 5.69 Å². The molecule has 0 bridgehead atoms. The average molecular weight is 266 g/mol. The van der Waals surface area contributed by atoms with Gasteiger partial charge in [0.2, 0.25) is 0 Å². The van der Waals surface area contributed by atoms with Crippen LogP contribution in [0.5, 0.6) is 5.75 Å². The lowest BCUT2D eigenvalue weighted by atomic mass is 10.2. The summed E-state index contributed by atoms with van der Waals surface area (Å²) < 4.78 is 10.7. The summed E-state index contributed by atoms with van der Waals surface area (Å²) in [5.41, 5.74) is 2.20. The van der Waals surface area contributed by atoms with Crippen LogP contribution in [0, 0.1) is 6.92 Å². The summed E-state index contributed by atoms with van der Waals surface area (Å²) in [5.74, 6) is 1.70. The van der Waals surface area contributed by atoms with E-state index in [9.17, 15) is 0 Å². The van der Waals surface area contributed by atoms with E-state index in [0.717, 1.165) is 22.8 Å². The van der Waals surface area contributed by atoms with Crippen LogP contribution >= 0.6 is 11.6 Å². The number of anilines is 1. The summed E-state index contributed by atoms with van der Waals surface area (Å²) >= 11 is 5.72. The number of benzene rings is 1. The number of hydrogen-bond acceptors (Lipinski definition) is 3. The van der Waals surface area contributed by atoms with E-state index in [0.29, 0.717) is 18.4 Å². The standard InChI is InChI=1S/C14H16ClNO2/c1-3-17-11-4-6-13(10(2)8-11)16-9-12-5-7-14(15)18-12/h4-8,16H,3,9H2,1-2H3. The van der Waals surface area contributed by atoms with Crippen molar-refractivity contribution in [3.63, 3.8) is 0 Å².